The van der Waals surface area contributed by atoms with Crippen molar-refractivity contribution in [2.24, 2.45) is 5.92 Å². The third-order valence-electron chi connectivity index (χ3n) is 3.74. The summed E-state index contributed by atoms with van der Waals surface area (Å²) >= 11 is 0. The Hall–Kier alpha value is -1.35. The minimum absolute atomic E-state index is 0.341. The number of hydrogen-bond donors (Lipinski definition) is 1. The van der Waals surface area contributed by atoms with Crippen LogP contribution in [0.1, 0.15) is 45.2 Å². The Morgan fingerprint density at radius 2 is 2.00 bits per heavy atom. The number of rotatable bonds is 2. The molecule has 3 heteroatoms. The summed E-state index contributed by atoms with van der Waals surface area (Å²) in [4.78, 5) is 12.2. The maximum Gasteiger partial charge on any atom is 0.312 e. The molecular formula is C16H22O3. The van der Waals surface area contributed by atoms with Crippen molar-refractivity contribution in [3.8, 4) is 0 Å². The topological polar surface area (TPSA) is 46.5 Å². The highest BCUT2D eigenvalue weighted by Gasteiger charge is 2.45. The molecule has 0 saturated carbocycles. The van der Waals surface area contributed by atoms with E-state index < -0.39 is 17.1 Å². The van der Waals surface area contributed by atoms with Crippen LogP contribution in [0, 0.1) is 5.92 Å². The van der Waals surface area contributed by atoms with Crippen LogP contribution in [0.4, 0.5) is 0 Å². The predicted octanol–water partition coefficient (Wildman–Crippen LogP) is 2.80. The summed E-state index contributed by atoms with van der Waals surface area (Å²) in [6.45, 7) is 7.26. The van der Waals surface area contributed by atoms with E-state index in [0.717, 1.165) is 17.5 Å². The van der Waals surface area contributed by atoms with Gasteiger partial charge in [-0.3, -0.25) is 4.79 Å². The second-order valence-corrected chi connectivity index (χ2v) is 6.34. The van der Waals surface area contributed by atoms with Crippen molar-refractivity contribution < 1.29 is 14.6 Å². The first-order valence-corrected chi connectivity index (χ1v) is 6.78. The fourth-order valence-electron chi connectivity index (χ4n) is 2.66. The molecular weight excluding hydrogens is 240 g/mol. The third-order valence-corrected chi connectivity index (χ3v) is 3.74. The molecule has 0 heterocycles. The number of hydrogen-bond acceptors (Lipinski definition) is 3. The van der Waals surface area contributed by atoms with E-state index in [-0.39, 0.29) is 5.97 Å². The zero-order chi connectivity index (χ0) is 14.3. The molecule has 0 radical (unpaired) electrons. The van der Waals surface area contributed by atoms with E-state index in [1.54, 1.807) is 6.92 Å². The van der Waals surface area contributed by atoms with Crippen LogP contribution in [-0.2, 0) is 21.6 Å². The average molecular weight is 262 g/mol. The molecule has 1 aliphatic rings. The zero-order valence-electron chi connectivity index (χ0n) is 12.1. The van der Waals surface area contributed by atoms with Gasteiger partial charge in [-0.05, 0) is 51.7 Å². The van der Waals surface area contributed by atoms with E-state index in [4.69, 9.17) is 4.74 Å². The Morgan fingerprint density at radius 1 is 1.37 bits per heavy atom. The highest BCUT2D eigenvalue weighted by atomic mass is 16.6. The van der Waals surface area contributed by atoms with Crippen LogP contribution in [-0.4, -0.2) is 16.7 Å². The molecule has 19 heavy (non-hydrogen) atoms. The van der Waals surface area contributed by atoms with Gasteiger partial charge in [0, 0.05) is 0 Å². The average Bonchev–Trinajstić information content (AvgIpc) is 2.66. The van der Waals surface area contributed by atoms with Gasteiger partial charge in [0.05, 0.1) is 5.92 Å². The van der Waals surface area contributed by atoms with E-state index in [2.05, 4.69) is 0 Å². The van der Waals surface area contributed by atoms with Crippen molar-refractivity contribution in [3.63, 3.8) is 0 Å². The van der Waals surface area contributed by atoms with Gasteiger partial charge in [0.15, 0.2) is 0 Å². The zero-order valence-corrected chi connectivity index (χ0v) is 12.1. The van der Waals surface area contributed by atoms with Crippen molar-refractivity contribution in [2.45, 2.75) is 51.7 Å². The number of aryl methyl sites for hydroxylation is 1. The Morgan fingerprint density at radius 3 is 2.63 bits per heavy atom. The lowest BCUT2D eigenvalue weighted by Gasteiger charge is -2.32. The molecule has 0 bridgehead atoms. The molecule has 104 valence electrons. The molecule has 2 unspecified atom stereocenters. The van der Waals surface area contributed by atoms with Crippen LogP contribution in [0.5, 0.6) is 0 Å². The van der Waals surface area contributed by atoms with Gasteiger partial charge >= 0.3 is 5.97 Å². The summed E-state index contributed by atoms with van der Waals surface area (Å²) in [6.07, 6.45) is 1.38. The fraction of sp³-hybridized carbons (Fsp3) is 0.562. The lowest BCUT2D eigenvalue weighted by Crippen LogP contribution is -2.39. The van der Waals surface area contributed by atoms with Gasteiger partial charge in [-0.1, -0.05) is 24.3 Å². The van der Waals surface area contributed by atoms with Crippen molar-refractivity contribution in [3.05, 3.63) is 35.4 Å². The molecule has 1 aromatic rings. The number of aliphatic hydroxyl groups is 1. The first kappa shape index (κ1) is 14.1. The van der Waals surface area contributed by atoms with Crippen LogP contribution in [0.25, 0.3) is 0 Å². The van der Waals surface area contributed by atoms with Gasteiger partial charge in [-0.15, -0.1) is 0 Å². The largest absolute Gasteiger partial charge is 0.460 e. The minimum atomic E-state index is -1.10. The van der Waals surface area contributed by atoms with Crippen LogP contribution < -0.4 is 0 Å². The summed E-state index contributed by atoms with van der Waals surface area (Å²) in [5, 5.41) is 10.9. The van der Waals surface area contributed by atoms with E-state index in [1.165, 1.54) is 0 Å². The van der Waals surface area contributed by atoms with E-state index in [9.17, 15) is 9.90 Å². The number of fused-ring (bicyclic) bond motifs is 1. The molecule has 0 fully saturated rings. The molecule has 2 atom stereocenters. The molecule has 0 saturated heterocycles. The van der Waals surface area contributed by atoms with Crippen molar-refractivity contribution in [2.75, 3.05) is 0 Å². The molecule has 0 aliphatic heterocycles. The Kier molecular flexibility index (Phi) is 3.43. The van der Waals surface area contributed by atoms with Crippen molar-refractivity contribution >= 4 is 5.97 Å². The fourth-order valence-corrected chi connectivity index (χ4v) is 2.66. The summed E-state index contributed by atoms with van der Waals surface area (Å²) in [7, 11) is 0. The number of benzene rings is 1. The van der Waals surface area contributed by atoms with Crippen molar-refractivity contribution in [1.82, 2.24) is 0 Å². The normalized spacial score (nSPS) is 23.8. The Labute approximate surface area is 114 Å². The summed E-state index contributed by atoms with van der Waals surface area (Å²) in [5.41, 5.74) is 0.368. The van der Waals surface area contributed by atoms with Gasteiger partial charge in [-0.2, -0.15) is 0 Å². The quantitative estimate of drug-likeness (QED) is 0.834. The number of carbonyl (C=O) groups is 1. The molecule has 2 rings (SSSR count). The van der Waals surface area contributed by atoms with Crippen LogP contribution >= 0.6 is 0 Å². The first-order valence-electron chi connectivity index (χ1n) is 6.78. The second kappa shape index (κ2) is 4.64. The van der Waals surface area contributed by atoms with Crippen molar-refractivity contribution in [1.29, 1.82) is 0 Å². The van der Waals surface area contributed by atoms with Gasteiger partial charge in [0.25, 0.3) is 0 Å². The maximum atomic E-state index is 12.2. The molecule has 3 nitrogen and oxygen atoms in total. The Bertz CT molecular complexity index is 487. The van der Waals surface area contributed by atoms with Gasteiger partial charge in [0.2, 0.25) is 0 Å². The monoisotopic (exact) mass is 262 g/mol. The van der Waals surface area contributed by atoms with Gasteiger partial charge in [0.1, 0.15) is 11.2 Å². The standard InChI is InChI=1S/C16H22O3/c1-11(14(17)19-15(2,3)4)16(18)10-9-12-7-5-6-8-13(12)16/h5-8,11,18H,9-10H2,1-4H3. The molecule has 1 aromatic carbocycles. The second-order valence-electron chi connectivity index (χ2n) is 6.34. The minimum Gasteiger partial charge on any atom is -0.460 e. The van der Waals surface area contributed by atoms with Crippen LogP contribution in [0.2, 0.25) is 0 Å². The highest BCUT2D eigenvalue weighted by Crippen LogP contribution is 2.42. The number of carbonyl (C=O) groups excluding carboxylic acids is 1. The lowest BCUT2D eigenvalue weighted by atomic mass is 9.83. The number of ether oxygens (including phenoxy) is 1. The number of esters is 1. The first-order chi connectivity index (χ1) is 8.74. The van der Waals surface area contributed by atoms with E-state index in [0.29, 0.717) is 6.42 Å². The SMILES string of the molecule is CC(C(=O)OC(C)(C)C)C1(O)CCc2ccccc21. The summed E-state index contributed by atoms with van der Waals surface area (Å²) < 4.78 is 5.39. The third kappa shape index (κ3) is 2.66. The van der Waals surface area contributed by atoms with Crippen LogP contribution in [0.15, 0.2) is 24.3 Å². The molecule has 0 amide bonds. The van der Waals surface area contributed by atoms with Gasteiger partial charge in [-0.25, -0.2) is 0 Å². The molecule has 0 aromatic heterocycles. The van der Waals surface area contributed by atoms with E-state index in [1.807, 2.05) is 45.0 Å². The molecule has 1 N–H and O–H groups in total. The van der Waals surface area contributed by atoms with E-state index >= 15 is 0 Å². The predicted molar refractivity (Wildman–Crippen MR) is 73.7 cm³/mol. The maximum absolute atomic E-state index is 12.2. The van der Waals surface area contributed by atoms with Crippen LogP contribution in [0.3, 0.4) is 0 Å². The smallest absolute Gasteiger partial charge is 0.312 e. The summed E-state index contributed by atoms with van der Waals surface area (Å²) in [5.74, 6) is -0.901. The molecule has 1 aliphatic carbocycles. The summed E-state index contributed by atoms with van der Waals surface area (Å²) in [6, 6.07) is 7.78. The molecule has 0 spiro atoms. The lowest BCUT2D eigenvalue weighted by molar-refractivity contribution is -0.169. The highest BCUT2D eigenvalue weighted by molar-refractivity contribution is 5.74. The Balaban J connectivity index is 2.25. The van der Waals surface area contributed by atoms with Gasteiger partial charge < -0.3 is 9.84 Å².